The number of carbonyl (C=O) groups excluding carboxylic acids is 2. The van der Waals surface area contributed by atoms with Crippen LogP contribution < -0.4 is 16.0 Å². The second kappa shape index (κ2) is 7.02. The van der Waals surface area contributed by atoms with E-state index in [1.807, 2.05) is 31.2 Å². The van der Waals surface area contributed by atoms with Gasteiger partial charge in [-0.05, 0) is 65.8 Å². The molecule has 0 radical (unpaired) electrons. The maximum Gasteiger partial charge on any atom is 0.319 e. The van der Waals surface area contributed by atoms with Crippen molar-refractivity contribution in [2.45, 2.75) is 32.7 Å². The minimum Gasteiger partial charge on any atom is -0.327 e. The third-order valence-corrected chi connectivity index (χ3v) is 6.13. The molecule has 3 aromatic rings. The molecule has 0 spiro atoms. The van der Waals surface area contributed by atoms with Gasteiger partial charge in [0.1, 0.15) is 0 Å². The first-order chi connectivity index (χ1) is 14.5. The first kappa shape index (κ1) is 18.4. The summed E-state index contributed by atoms with van der Waals surface area (Å²) in [4.78, 5) is 25.7. The average molecular weight is 397 g/mol. The Bertz CT molecular complexity index is 1230. The van der Waals surface area contributed by atoms with E-state index in [2.05, 4.69) is 46.3 Å². The van der Waals surface area contributed by atoms with Crippen molar-refractivity contribution in [2.75, 3.05) is 5.32 Å². The Hall–Kier alpha value is -3.60. The zero-order valence-corrected chi connectivity index (χ0v) is 17.0. The molecule has 30 heavy (non-hydrogen) atoms. The van der Waals surface area contributed by atoms with E-state index in [1.54, 1.807) is 6.92 Å². The highest BCUT2D eigenvalue weighted by Gasteiger charge is 2.33. The molecule has 3 amide bonds. The van der Waals surface area contributed by atoms with Crippen LogP contribution in [0.3, 0.4) is 0 Å². The Morgan fingerprint density at radius 1 is 0.967 bits per heavy atom. The molecule has 5 heteroatoms. The van der Waals surface area contributed by atoms with E-state index in [0.717, 1.165) is 35.0 Å². The maximum atomic E-state index is 13.3. The maximum absolute atomic E-state index is 13.3. The summed E-state index contributed by atoms with van der Waals surface area (Å²) in [6.07, 6.45) is 2.06. The van der Waals surface area contributed by atoms with Crippen LogP contribution in [-0.2, 0) is 17.6 Å². The molecule has 1 aliphatic heterocycles. The fourth-order valence-corrected chi connectivity index (χ4v) is 4.65. The lowest BCUT2D eigenvalue weighted by molar-refractivity contribution is -0.113. The van der Waals surface area contributed by atoms with Crippen molar-refractivity contribution < 1.29 is 9.59 Å². The number of hydrogen-bond donors (Lipinski definition) is 3. The van der Waals surface area contributed by atoms with Crippen LogP contribution in [0.25, 0.3) is 10.8 Å². The predicted molar refractivity (Wildman–Crippen MR) is 118 cm³/mol. The van der Waals surface area contributed by atoms with E-state index in [9.17, 15) is 9.59 Å². The number of amides is 3. The number of rotatable bonds is 3. The molecule has 3 aromatic carbocycles. The lowest BCUT2D eigenvalue weighted by Gasteiger charge is -2.29. The van der Waals surface area contributed by atoms with Crippen molar-refractivity contribution in [1.29, 1.82) is 0 Å². The molecule has 1 aliphatic carbocycles. The fourth-order valence-electron chi connectivity index (χ4n) is 4.65. The number of carbonyl (C=O) groups is 2. The molecular formula is C25H23N3O2. The molecule has 1 heterocycles. The molecule has 1 atom stereocenters. The van der Waals surface area contributed by atoms with Crippen molar-refractivity contribution in [2.24, 2.45) is 0 Å². The number of para-hydroxylation sites is 1. The highest BCUT2D eigenvalue weighted by atomic mass is 16.2. The summed E-state index contributed by atoms with van der Waals surface area (Å²) in [5.74, 6) is -0.220. The SMILES string of the molecule is CC1=C(C(=O)Nc2ccccc2C)[C@@H](c2ccc3c4c(cccc24)CC3)NC(=O)N1. The van der Waals surface area contributed by atoms with E-state index in [-0.39, 0.29) is 11.9 Å². The van der Waals surface area contributed by atoms with Crippen LogP contribution in [0.2, 0.25) is 0 Å². The second-order valence-electron chi connectivity index (χ2n) is 7.99. The molecule has 5 rings (SSSR count). The molecule has 0 saturated heterocycles. The zero-order chi connectivity index (χ0) is 20.8. The van der Waals surface area contributed by atoms with Gasteiger partial charge in [0.25, 0.3) is 5.91 Å². The monoisotopic (exact) mass is 397 g/mol. The van der Waals surface area contributed by atoms with Crippen molar-refractivity contribution in [3.63, 3.8) is 0 Å². The first-order valence-electron chi connectivity index (χ1n) is 10.2. The van der Waals surface area contributed by atoms with Gasteiger partial charge >= 0.3 is 6.03 Å². The standard InChI is InChI=1S/C25H23N3O2/c1-14-6-3-4-9-20(14)27-24(29)21-15(2)26-25(30)28-23(21)19-13-12-17-11-10-16-7-5-8-18(19)22(16)17/h3-9,12-13,23H,10-11H2,1-2H3,(H,27,29)(H2,26,28,30)/t23-/m1/s1. The van der Waals surface area contributed by atoms with Crippen LogP contribution in [0.15, 0.2) is 65.9 Å². The Balaban J connectivity index is 1.61. The molecule has 150 valence electrons. The molecule has 0 unspecified atom stereocenters. The highest BCUT2D eigenvalue weighted by molar-refractivity contribution is 6.08. The summed E-state index contributed by atoms with van der Waals surface area (Å²) in [7, 11) is 0. The number of anilines is 1. The van der Waals surface area contributed by atoms with Gasteiger partial charge in [0.15, 0.2) is 0 Å². The topological polar surface area (TPSA) is 70.2 Å². The Kier molecular flexibility index (Phi) is 4.31. The summed E-state index contributed by atoms with van der Waals surface area (Å²) in [6.45, 7) is 3.73. The largest absolute Gasteiger partial charge is 0.327 e. The van der Waals surface area contributed by atoms with E-state index in [0.29, 0.717) is 11.3 Å². The summed E-state index contributed by atoms with van der Waals surface area (Å²) in [5, 5.41) is 11.1. The predicted octanol–water partition coefficient (Wildman–Crippen LogP) is 4.51. The van der Waals surface area contributed by atoms with Gasteiger partial charge in [-0.15, -0.1) is 0 Å². The molecule has 0 fully saturated rings. The summed E-state index contributed by atoms with van der Waals surface area (Å²) in [5.41, 5.74) is 6.45. The molecule has 3 N–H and O–H groups in total. The number of nitrogens with one attached hydrogen (secondary N) is 3. The van der Waals surface area contributed by atoms with Crippen LogP contribution >= 0.6 is 0 Å². The summed E-state index contributed by atoms with van der Waals surface area (Å²) >= 11 is 0. The molecule has 5 nitrogen and oxygen atoms in total. The molecular weight excluding hydrogens is 374 g/mol. The smallest absolute Gasteiger partial charge is 0.319 e. The Morgan fingerprint density at radius 2 is 1.73 bits per heavy atom. The third-order valence-electron chi connectivity index (χ3n) is 6.13. The average Bonchev–Trinajstić information content (AvgIpc) is 3.14. The van der Waals surface area contributed by atoms with E-state index >= 15 is 0 Å². The van der Waals surface area contributed by atoms with Gasteiger partial charge in [-0.25, -0.2) is 4.79 Å². The van der Waals surface area contributed by atoms with E-state index < -0.39 is 6.04 Å². The quantitative estimate of drug-likeness (QED) is 0.608. The Labute approximate surface area is 175 Å². The van der Waals surface area contributed by atoms with E-state index in [4.69, 9.17) is 0 Å². The molecule has 0 aromatic heterocycles. The van der Waals surface area contributed by atoms with Gasteiger partial charge in [-0.1, -0.05) is 48.5 Å². The zero-order valence-electron chi connectivity index (χ0n) is 17.0. The third kappa shape index (κ3) is 2.94. The van der Waals surface area contributed by atoms with Gasteiger partial charge in [-0.2, -0.15) is 0 Å². The van der Waals surface area contributed by atoms with Gasteiger partial charge in [0, 0.05) is 11.4 Å². The summed E-state index contributed by atoms with van der Waals surface area (Å²) in [6, 6.07) is 17.3. The Morgan fingerprint density at radius 3 is 2.53 bits per heavy atom. The number of allylic oxidation sites excluding steroid dienone is 1. The number of benzene rings is 3. The molecule has 0 saturated carbocycles. The normalized spacial score (nSPS) is 17.7. The second-order valence-corrected chi connectivity index (χ2v) is 7.99. The van der Waals surface area contributed by atoms with Crippen LogP contribution in [0.1, 0.15) is 35.2 Å². The van der Waals surface area contributed by atoms with Crippen molar-refractivity contribution in [1.82, 2.24) is 10.6 Å². The van der Waals surface area contributed by atoms with Crippen LogP contribution in [0, 0.1) is 6.92 Å². The van der Waals surface area contributed by atoms with Crippen LogP contribution in [0.5, 0.6) is 0 Å². The number of hydrogen-bond acceptors (Lipinski definition) is 2. The molecule has 0 bridgehead atoms. The van der Waals surface area contributed by atoms with Crippen molar-refractivity contribution in [3.8, 4) is 0 Å². The highest BCUT2D eigenvalue weighted by Crippen LogP contribution is 2.38. The lowest BCUT2D eigenvalue weighted by Crippen LogP contribution is -2.46. The summed E-state index contributed by atoms with van der Waals surface area (Å²) < 4.78 is 0. The van der Waals surface area contributed by atoms with Crippen molar-refractivity contribution in [3.05, 3.63) is 88.1 Å². The van der Waals surface area contributed by atoms with Gasteiger partial charge < -0.3 is 16.0 Å². The lowest BCUT2D eigenvalue weighted by atomic mass is 9.89. The number of urea groups is 1. The van der Waals surface area contributed by atoms with E-state index in [1.165, 1.54) is 16.5 Å². The fraction of sp³-hybridized carbons (Fsp3) is 0.200. The minimum absolute atomic E-state index is 0.220. The van der Waals surface area contributed by atoms with Gasteiger partial charge in [-0.3, -0.25) is 4.79 Å². The first-order valence-corrected chi connectivity index (χ1v) is 10.2. The van der Waals surface area contributed by atoms with Gasteiger partial charge in [0.05, 0.1) is 11.6 Å². The van der Waals surface area contributed by atoms with Crippen LogP contribution in [0.4, 0.5) is 10.5 Å². The van der Waals surface area contributed by atoms with Crippen molar-refractivity contribution >= 4 is 28.4 Å². The molecule has 2 aliphatic rings. The number of aryl methyl sites for hydroxylation is 3. The van der Waals surface area contributed by atoms with Gasteiger partial charge in [0.2, 0.25) is 0 Å². The minimum atomic E-state index is -0.521. The van der Waals surface area contributed by atoms with Crippen LogP contribution in [-0.4, -0.2) is 11.9 Å².